The summed E-state index contributed by atoms with van der Waals surface area (Å²) >= 11 is 5.91. The molecule has 0 aliphatic rings. The van der Waals surface area contributed by atoms with Gasteiger partial charge in [-0.05, 0) is 45.2 Å². The fourth-order valence-electron chi connectivity index (χ4n) is 2.55. The van der Waals surface area contributed by atoms with E-state index in [2.05, 4.69) is 15.5 Å². The highest BCUT2D eigenvalue weighted by Crippen LogP contribution is 2.26. The molecule has 0 saturated carbocycles. The number of aromatic nitrogens is 2. The van der Waals surface area contributed by atoms with Crippen LogP contribution in [-0.4, -0.2) is 30.3 Å². The van der Waals surface area contributed by atoms with E-state index < -0.39 is 44.4 Å². The molecule has 0 saturated heterocycles. The van der Waals surface area contributed by atoms with Crippen LogP contribution in [-0.2, 0) is 20.3 Å². The van der Waals surface area contributed by atoms with Gasteiger partial charge < -0.3 is 14.5 Å². The van der Waals surface area contributed by atoms with Crippen molar-refractivity contribution in [3.05, 3.63) is 40.5 Å². The van der Waals surface area contributed by atoms with Crippen molar-refractivity contribution in [1.29, 1.82) is 0 Å². The highest BCUT2D eigenvalue weighted by molar-refractivity contribution is 7.90. The Labute approximate surface area is 180 Å². The molecule has 1 aromatic heterocycles. The first-order chi connectivity index (χ1) is 13.8. The van der Waals surface area contributed by atoms with E-state index in [1.54, 1.807) is 20.8 Å². The van der Waals surface area contributed by atoms with Gasteiger partial charge in [-0.1, -0.05) is 36.6 Å². The summed E-state index contributed by atoms with van der Waals surface area (Å²) in [6.45, 7) is 8.98. The molecule has 0 fully saturated rings. The molecule has 0 radical (unpaired) electrons. The third-order valence-corrected chi connectivity index (χ3v) is 5.50. The maximum Gasteiger partial charge on any atom is 0.408 e. The van der Waals surface area contributed by atoms with Gasteiger partial charge in [0.05, 0.1) is 5.75 Å². The molecule has 8 nitrogen and oxygen atoms in total. The van der Waals surface area contributed by atoms with Gasteiger partial charge in [-0.25, -0.2) is 17.6 Å². The van der Waals surface area contributed by atoms with Crippen LogP contribution in [0.3, 0.4) is 0 Å². The third-order valence-electron chi connectivity index (χ3n) is 3.78. The first-order valence-corrected chi connectivity index (χ1v) is 11.3. The Hall–Kier alpha value is -2.20. The minimum absolute atomic E-state index is 0.0254. The van der Waals surface area contributed by atoms with Gasteiger partial charge in [-0.3, -0.25) is 0 Å². The largest absolute Gasteiger partial charge is 0.444 e. The second-order valence-electron chi connectivity index (χ2n) is 8.19. The van der Waals surface area contributed by atoms with Gasteiger partial charge in [0, 0.05) is 10.6 Å². The van der Waals surface area contributed by atoms with Gasteiger partial charge in [0.25, 0.3) is 0 Å². The highest BCUT2D eigenvalue weighted by Gasteiger charge is 2.30. The number of carbonyl (C=O) groups excluding carboxylic acids is 1. The van der Waals surface area contributed by atoms with Crippen molar-refractivity contribution >= 4 is 27.5 Å². The summed E-state index contributed by atoms with van der Waals surface area (Å²) in [5.74, 6) is -1.47. The van der Waals surface area contributed by atoms with Crippen LogP contribution in [0, 0.1) is 11.7 Å². The minimum atomic E-state index is -4.17. The van der Waals surface area contributed by atoms with E-state index in [-0.39, 0.29) is 22.4 Å². The van der Waals surface area contributed by atoms with E-state index >= 15 is 0 Å². The van der Waals surface area contributed by atoms with Gasteiger partial charge in [0.1, 0.15) is 17.5 Å². The van der Waals surface area contributed by atoms with E-state index in [9.17, 15) is 17.6 Å². The first-order valence-electron chi connectivity index (χ1n) is 9.27. The van der Waals surface area contributed by atoms with Crippen LogP contribution in [0.2, 0.25) is 5.02 Å². The number of amides is 1. The SMILES string of the molecule is CC(C)C[C@H](NC(=O)OC(C)(C)C)c1nnc(S(=O)(=O)Cc2c(F)cccc2Cl)o1. The zero-order valence-electron chi connectivity index (χ0n) is 17.4. The molecule has 11 heteroatoms. The summed E-state index contributed by atoms with van der Waals surface area (Å²) in [5, 5.41) is 9.28. The van der Waals surface area contributed by atoms with Crippen LogP contribution in [0.4, 0.5) is 9.18 Å². The number of rotatable bonds is 7. The number of nitrogens with zero attached hydrogens (tertiary/aromatic N) is 2. The average Bonchev–Trinajstić information content (AvgIpc) is 3.06. The number of hydrogen-bond donors (Lipinski definition) is 1. The summed E-state index contributed by atoms with van der Waals surface area (Å²) in [6, 6.07) is 3.11. The van der Waals surface area contributed by atoms with Crippen molar-refractivity contribution in [2.24, 2.45) is 5.92 Å². The Morgan fingerprint density at radius 3 is 2.53 bits per heavy atom. The van der Waals surface area contributed by atoms with Crippen LogP contribution < -0.4 is 5.32 Å². The van der Waals surface area contributed by atoms with Crippen molar-refractivity contribution in [2.45, 2.75) is 63.7 Å². The van der Waals surface area contributed by atoms with E-state index in [0.29, 0.717) is 6.42 Å². The molecule has 0 aliphatic carbocycles. The van der Waals surface area contributed by atoms with Crippen molar-refractivity contribution in [3.63, 3.8) is 0 Å². The zero-order valence-corrected chi connectivity index (χ0v) is 19.0. The lowest BCUT2D eigenvalue weighted by Crippen LogP contribution is -2.35. The van der Waals surface area contributed by atoms with E-state index in [0.717, 1.165) is 6.07 Å². The Balaban J connectivity index is 2.26. The first kappa shape index (κ1) is 24.1. The third kappa shape index (κ3) is 6.66. The molecular formula is C19H25ClFN3O5S. The Bertz CT molecular complexity index is 982. The number of halogens is 2. The molecule has 1 N–H and O–H groups in total. The molecule has 1 aromatic carbocycles. The molecule has 0 spiro atoms. The monoisotopic (exact) mass is 461 g/mol. The van der Waals surface area contributed by atoms with Gasteiger partial charge in [0.15, 0.2) is 0 Å². The smallest absolute Gasteiger partial charge is 0.408 e. The topological polar surface area (TPSA) is 111 Å². The summed E-state index contributed by atoms with van der Waals surface area (Å²) < 4.78 is 49.8. The van der Waals surface area contributed by atoms with Crippen molar-refractivity contribution in [3.8, 4) is 0 Å². The number of benzene rings is 1. The number of ether oxygens (including phenoxy) is 1. The van der Waals surface area contributed by atoms with Crippen LogP contribution >= 0.6 is 11.6 Å². The molecule has 30 heavy (non-hydrogen) atoms. The number of sulfone groups is 1. The molecule has 2 rings (SSSR count). The zero-order chi connectivity index (χ0) is 22.7. The van der Waals surface area contributed by atoms with Gasteiger partial charge in [-0.15, -0.1) is 5.10 Å². The van der Waals surface area contributed by atoms with Crippen molar-refractivity contribution in [2.75, 3.05) is 0 Å². The normalized spacial score (nSPS) is 13.3. The predicted molar refractivity (Wildman–Crippen MR) is 108 cm³/mol. The number of hydrogen-bond acceptors (Lipinski definition) is 7. The van der Waals surface area contributed by atoms with Gasteiger partial charge >= 0.3 is 11.3 Å². The Morgan fingerprint density at radius 1 is 1.30 bits per heavy atom. The van der Waals surface area contributed by atoms with Crippen molar-refractivity contribution < 1.29 is 26.8 Å². The molecule has 1 heterocycles. The molecule has 166 valence electrons. The number of alkyl carbamates (subject to hydrolysis) is 1. The maximum absolute atomic E-state index is 14.0. The molecule has 0 unspecified atom stereocenters. The summed E-state index contributed by atoms with van der Waals surface area (Å²) in [4.78, 5) is 12.1. The summed E-state index contributed by atoms with van der Waals surface area (Å²) in [5.41, 5.74) is -0.904. The predicted octanol–water partition coefficient (Wildman–Crippen LogP) is 4.45. The average molecular weight is 462 g/mol. The number of nitrogens with one attached hydrogen (secondary N) is 1. The highest BCUT2D eigenvalue weighted by atomic mass is 35.5. The molecule has 0 aliphatic heterocycles. The molecule has 1 atom stereocenters. The molecule has 0 bridgehead atoms. The van der Waals surface area contributed by atoms with Crippen molar-refractivity contribution in [1.82, 2.24) is 15.5 Å². The van der Waals surface area contributed by atoms with Crippen LogP contribution in [0.1, 0.15) is 58.5 Å². The van der Waals surface area contributed by atoms with Gasteiger partial charge in [0.2, 0.25) is 15.7 Å². The lowest BCUT2D eigenvalue weighted by atomic mass is 10.0. The molecule has 1 amide bonds. The van der Waals surface area contributed by atoms with Crippen LogP contribution in [0.25, 0.3) is 0 Å². The molecular weight excluding hydrogens is 437 g/mol. The summed E-state index contributed by atoms with van der Waals surface area (Å²) in [6.07, 6.45) is -0.297. The van der Waals surface area contributed by atoms with E-state index in [1.807, 2.05) is 13.8 Å². The summed E-state index contributed by atoms with van der Waals surface area (Å²) in [7, 11) is -4.17. The second kappa shape index (κ2) is 9.30. The second-order valence-corrected chi connectivity index (χ2v) is 10.5. The van der Waals surface area contributed by atoms with Gasteiger partial charge in [-0.2, -0.15) is 0 Å². The van der Waals surface area contributed by atoms with Crippen LogP contribution in [0.15, 0.2) is 27.8 Å². The number of carbonyl (C=O) groups is 1. The Morgan fingerprint density at radius 2 is 1.97 bits per heavy atom. The lowest BCUT2D eigenvalue weighted by molar-refractivity contribution is 0.0487. The minimum Gasteiger partial charge on any atom is -0.444 e. The fourth-order valence-corrected chi connectivity index (χ4v) is 4.04. The van der Waals surface area contributed by atoms with E-state index in [4.69, 9.17) is 20.8 Å². The quantitative estimate of drug-likeness (QED) is 0.648. The standard InChI is InChI=1S/C19H25ClFN3O5S/c1-11(2)9-15(22-17(25)29-19(3,4)5)16-23-24-18(28-16)30(26,27)10-12-13(20)7-6-8-14(12)21/h6-8,11,15H,9-10H2,1-5H3,(H,22,25)/t15-/m0/s1. The van der Waals surface area contributed by atoms with E-state index in [1.165, 1.54) is 12.1 Å². The fraction of sp³-hybridized carbons (Fsp3) is 0.526. The lowest BCUT2D eigenvalue weighted by Gasteiger charge is -2.22. The maximum atomic E-state index is 14.0. The molecule has 2 aromatic rings. The van der Waals surface area contributed by atoms with Crippen LogP contribution in [0.5, 0.6) is 0 Å². The Kier molecular flexibility index (Phi) is 7.46.